The number of nitrogens with zero attached hydrogens (tertiary/aromatic N) is 1. The summed E-state index contributed by atoms with van der Waals surface area (Å²) < 4.78 is 0. The Hall–Kier alpha value is -0.530. The quantitative estimate of drug-likeness (QED) is 0.728. The highest BCUT2D eigenvalue weighted by Gasteiger charge is 2.17. The van der Waals surface area contributed by atoms with Crippen molar-refractivity contribution in [2.45, 2.75) is 38.1 Å². The van der Waals surface area contributed by atoms with E-state index in [1.54, 1.807) is 0 Å². The van der Waals surface area contributed by atoms with Gasteiger partial charge in [0.25, 0.3) is 0 Å². The number of rotatable bonds is 3. The van der Waals surface area contributed by atoms with E-state index in [9.17, 15) is 0 Å². The van der Waals surface area contributed by atoms with Crippen LogP contribution in [0.2, 0.25) is 0 Å². The molecule has 2 rings (SSSR count). The summed E-state index contributed by atoms with van der Waals surface area (Å²) in [6.07, 6.45) is 3.53. The van der Waals surface area contributed by atoms with Gasteiger partial charge >= 0.3 is 0 Å². The normalized spacial score (nSPS) is 22.2. The molecule has 1 aromatic carbocycles. The molecule has 0 spiro atoms. The Kier molecular flexibility index (Phi) is 4.25. The average Bonchev–Trinajstić information content (AvgIpc) is 2.30. The number of benzene rings is 1. The second kappa shape index (κ2) is 5.70. The lowest BCUT2D eigenvalue weighted by atomic mass is 10.1. The zero-order valence-electron chi connectivity index (χ0n) is 9.95. The Morgan fingerprint density at radius 3 is 2.56 bits per heavy atom. The third-order valence-electron chi connectivity index (χ3n) is 3.29. The molecule has 0 aromatic heterocycles. The predicted molar refractivity (Wildman–Crippen MR) is 70.0 cm³/mol. The Morgan fingerprint density at radius 1 is 1.25 bits per heavy atom. The van der Waals surface area contributed by atoms with Crippen molar-refractivity contribution < 1.29 is 0 Å². The largest absolute Gasteiger partial charge is 0.298 e. The van der Waals surface area contributed by atoms with Crippen molar-refractivity contribution in [3.05, 3.63) is 35.4 Å². The van der Waals surface area contributed by atoms with Crippen LogP contribution in [0.3, 0.4) is 0 Å². The lowest BCUT2D eigenvalue weighted by Crippen LogP contribution is -2.35. The van der Waals surface area contributed by atoms with Crippen LogP contribution in [0.4, 0.5) is 0 Å². The first kappa shape index (κ1) is 11.9. The standard InChI is InChI=1S/C14H20ClN/c1-2-12-5-7-13(8-6-12)10-16-9-3-4-14(15)11-16/h5-8,14H,2-4,9-11H2,1H3. The van der Waals surface area contributed by atoms with Crippen LogP contribution in [0.25, 0.3) is 0 Å². The minimum absolute atomic E-state index is 0.351. The van der Waals surface area contributed by atoms with Crippen LogP contribution in [-0.2, 0) is 13.0 Å². The van der Waals surface area contributed by atoms with Gasteiger partial charge in [0.15, 0.2) is 0 Å². The summed E-state index contributed by atoms with van der Waals surface area (Å²) in [4.78, 5) is 2.46. The molecule has 1 heterocycles. The lowest BCUT2D eigenvalue weighted by Gasteiger charge is -2.29. The van der Waals surface area contributed by atoms with E-state index < -0.39 is 0 Å². The van der Waals surface area contributed by atoms with Gasteiger partial charge in [-0.3, -0.25) is 4.90 Å². The maximum atomic E-state index is 6.18. The first-order chi connectivity index (χ1) is 7.78. The van der Waals surface area contributed by atoms with Gasteiger partial charge in [0, 0.05) is 18.5 Å². The number of halogens is 1. The number of aryl methyl sites for hydroxylation is 1. The van der Waals surface area contributed by atoms with E-state index in [-0.39, 0.29) is 0 Å². The molecule has 1 fully saturated rings. The maximum absolute atomic E-state index is 6.18. The van der Waals surface area contributed by atoms with E-state index in [1.807, 2.05) is 0 Å². The summed E-state index contributed by atoms with van der Waals surface area (Å²) in [6, 6.07) is 8.96. The summed E-state index contributed by atoms with van der Waals surface area (Å²) in [5.74, 6) is 0. The van der Waals surface area contributed by atoms with Crippen LogP contribution in [-0.4, -0.2) is 23.4 Å². The first-order valence-electron chi connectivity index (χ1n) is 6.22. The van der Waals surface area contributed by atoms with Crippen LogP contribution in [0.15, 0.2) is 24.3 Å². The average molecular weight is 238 g/mol. The molecular formula is C14H20ClN. The highest BCUT2D eigenvalue weighted by molar-refractivity contribution is 6.20. The molecule has 1 unspecified atom stereocenters. The predicted octanol–water partition coefficient (Wildman–Crippen LogP) is 3.45. The van der Waals surface area contributed by atoms with Crippen molar-refractivity contribution in [1.29, 1.82) is 0 Å². The number of alkyl halides is 1. The van der Waals surface area contributed by atoms with Gasteiger partial charge < -0.3 is 0 Å². The molecule has 88 valence electrons. The highest BCUT2D eigenvalue weighted by Crippen LogP contribution is 2.17. The summed E-state index contributed by atoms with van der Waals surface area (Å²) in [5.41, 5.74) is 2.82. The zero-order chi connectivity index (χ0) is 11.4. The third kappa shape index (κ3) is 3.23. The molecule has 1 aliphatic heterocycles. The molecule has 0 N–H and O–H groups in total. The smallest absolute Gasteiger partial charge is 0.0463 e. The summed E-state index contributed by atoms with van der Waals surface area (Å²) >= 11 is 6.18. The van der Waals surface area contributed by atoms with E-state index in [4.69, 9.17) is 11.6 Å². The SMILES string of the molecule is CCc1ccc(CN2CCCC(Cl)C2)cc1. The van der Waals surface area contributed by atoms with Gasteiger partial charge in [0.05, 0.1) is 0 Å². The molecule has 16 heavy (non-hydrogen) atoms. The highest BCUT2D eigenvalue weighted by atomic mass is 35.5. The third-order valence-corrected chi connectivity index (χ3v) is 3.64. The van der Waals surface area contributed by atoms with Crippen LogP contribution in [0.1, 0.15) is 30.9 Å². The molecule has 1 nitrogen and oxygen atoms in total. The Morgan fingerprint density at radius 2 is 1.94 bits per heavy atom. The fourth-order valence-electron chi connectivity index (χ4n) is 2.28. The number of piperidine rings is 1. The zero-order valence-corrected chi connectivity index (χ0v) is 10.7. The van der Waals surface area contributed by atoms with E-state index in [0.717, 1.165) is 19.5 Å². The van der Waals surface area contributed by atoms with Crippen molar-refractivity contribution >= 4 is 11.6 Å². The van der Waals surface area contributed by atoms with E-state index in [2.05, 4.69) is 36.1 Å². The summed E-state index contributed by atoms with van der Waals surface area (Å²) in [7, 11) is 0. The van der Waals surface area contributed by atoms with Gasteiger partial charge in [-0.1, -0.05) is 31.2 Å². The van der Waals surface area contributed by atoms with Gasteiger partial charge in [-0.25, -0.2) is 0 Å². The minimum atomic E-state index is 0.351. The first-order valence-corrected chi connectivity index (χ1v) is 6.66. The Labute approximate surface area is 103 Å². The van der Waals surface area contributed by atoms with Crippen LogP contribution in [0, 0.1) is 0 Å². The summed E-state index contributed by atoms with van der Waals surface area (Å²) in [6.45, 7) is 5.47. The second-order valence-corrected chi connectivity index (χ2v) is 5.26. The molecule has 1 aromatic rings. The van der Waals surface area contributed by atoms with Crippen molar-refractivity contribution in [3.63, 3.8) is 0 Å². The fraction of sp³-hybridized carbons (Fsp3) is 0.571. The topological polar surface area (TPSA) is 3.24 Å². The molecule has 0 bridgehead atoms. The Bertz CT molecular complexity index is 320. The lowest BCUT2D eigenvalue weighted by molar-refractivity contribution is 0.224. The number of likely N-dealkylation sites (tertiary alicyclic amines) is 1. The number of hydrogen-bond acceptors (Lipinski definition) is 1. The van der Waals surface area contributed by atoms with Crippen molar-refractivity contribution in [2.24, 2.45) is 0 Å². The van der Waals surface area contributed by atoms with E-state index >= 15 is 0 Å². The van der Waals surface area contributed by atoms with E-state index in [0.29, 0.717) is 5.38 Å². The number of hydrogen-bond donors (Lipinski definition) is 0. The van der Waals surface area contributed by atoms with Crippen LogP contribution in [0.5, 0.6) is 0 Å². The van der Waals surface area contributed by atoms with Gasteiger partial charge in [0.1, 0.15) is 0 Å². The van der Waals surface area contributed by atoms with Gasteiger partial charge in [-0.15, -0.1) is 11.6 Å². The van der Waals surface area contributed by atoms with Crippen LogP contribution < -0.4 is 0 Å². The fourth-order valence-corrected chi connectivity index (χ4v) is 2.63. The van der Waals surface area contributed by atoms with Crippen molar-refractivity contribution in [1.82, 2.24) is 4.90 Å². The van der Waals surface area contributed by atoms with Gasteiger partial charge in [-0.05, 0) is 36.9 Å². The van der Waals surface area contributed by atoms with Crippen molar-refractivity contribution in [2.75, 3.05) is 13.1 Å². The molecule has 0 saturated carbocycles. The summed E-state index contributed by atoms with van der Waals surface area (Å²) in [5, 5.41) is 0.351. The monoisotopic (exact) mass is 237 g/mol. The van der Waals surface area contributed by atoms with E-state index in [1.165, 1.54) is 30.5 Å². The molecular weight excluding hydrogens is 218 g/mol. The molecule has 1 aliphatic rings. The van der Waals surface area contributed by atoms with Gasteiger partial charge in [-0.2, -0.15) is 0 Å². The minimum Gasteiger partial charge on any atom is -0.298 e. The van der Waals surface area contributed by atoms with Crippen LogP contribution >= 0.6 is 11.6 Å². The maximum Gasteiger partial charge on any atom is 0.0463 e. The molecule has 0 radical (unpaired) electrons. The molecule has 2 heteroatoms. The molecule has 0 amide bonds. The van der Waals surface area contributed by atoms with Crippen molar-refractivity contribution in [3.8, 4) is 0 Å². The second-order valence-electron chi connectivity index (χ2n) is 4.64. The molecule has 1 atom stereocenters. The van der Waals surface area contributed by atoms with Gasteiger partial charge in [0.2, 0.25) is 0 Å². The molecule has 0 aliphatic carbocycles. The Balaban J connectivity index is 1.92. The molecule has 1 saturated heterocycles.